The van der Waals surface area contributed by atoms with Crippen LogP contribution in [-0.4, -0.2) is 12.5 Å². The predicted octanol–water partition coefficient (Wildman–Crippen LogP) is 5.39. The van der Waals surface area contributed by atoms with Crippen LogP contribution in [0.15, 0.2) is 66.7 Å². The smallest absolute Gasteiger partial charge is 0.258 e. The number of ether oxygens (including phenoxy) is 1. The number of fused-ring (bicyclic) bond motifs is 1. The van der Waals surface area contributed by atoms with Gasteiger partial charge in [-0.05, 0) is 34.9 Å². The van der Waals surface area contributed by atoms with Gasteiger partial charge >= 0.3 is 0 Å². The van der Waals surface area contributed by atoms with E-state index in [1.165, 1.54) is 5.56 Å². The summed E-state index contributed by atoms with van der Waals surface area (Å²) in [6.07, 6.45) is 0. The van der Waals surface area contributed by atoms with Crippen LogP contribution in [0.3, 0.4) is 0 Å². The zero-order valence-electron chi connectivity index (χ0n) is 16.5. The van der Waals surface area contributed by atoms with Crippen LogP contribution in [0, 0.1) is 0 Å². The highest BCUT2D eigenvalue weighted by atomic mass is 16.5. The van der Waals surface area contributed by atoms with Crippen molar-refractivity contribution in [1.29, 1.82) is 0 Å². The van der Waals surface area contributed by atoms with Gasteiger partial charge in [-0.15, -0.1) is 0 Å². The third kappa shape index (κ3) is 4.68. The van der Waals surface area contributed by atoms with Crippen LogP contribution < -0.4 is 10.1 Å². The van der Waals surface area contributed by atoms with Crippen LogP contribution >= 0.6 is 0 Å². The summed E-state index contributed by atoms with van der Waals surface area (Å²) >= 11 is 0. The van der Waals surface area contributed by atoms with Crippen molar-refractivity contribution in [3.63, 3.8) is 0 Å². The van der Waals surface area contributed by atoms with E-state index in [1.54, 1.807) is 0 Å². The summed E-state index contributed by atoms with van der Waals surface area (Å²) in [5.41, 5.74) is 2.49. The maximum absolute atomic E-state index is 12.3. The van der Waals surface area contributed by atoms with Crippen molar-refractivity contribution in [3.8, 4) is 5.75 Å². The lowest BCUT2D eigenvalue weighted by molar-refractivity contribution is -0.123. The van der Waals surface area contributed by atoms with Gasteiger partial charge in [0.15, 0.2) is 6.61 Å². The van der Waals surface area contributed by atoms with E-state index >= 15 is 0 Å². The van der Waals surface area contributed by atoms with E-state index in [1.807, 2.05) is 49.4 Å². The molecule has 3 aromatic carbocycles. The number of carbonyl (C=O) groups is 1. The Kier molecular flexibility index (Phi) is 5.50. The van der Waals surface area contributed by atoms with Gasteiger partial charge in [-0.3, -0.25) is 4.79 Å². The molecule has 3 rings (SSSR count). The Hall–Kier alpha value is -2.81. The summed E-state index contributed by atoms with van der Waals surface area (Å²) in [6, 6.07) is 22.2. The van der Waals surface area contributed by atoms with Gasteiger partial charge in [0.05, 0.1) is 6.04 Å². The molecule has 0 bridgehead atoms. The molecule has 27 heavy (non-hydrogen) atoms. The van der Waals surface area contributed by atoms with E-state index < -0.39 is 0 Å². The molecule has 0 heterocycles. The molecule has 1 amide bonds. The Morgan fingerprint density at radius 2 is 1.63 bits per heavy atom. The highest BCUT2D eigenvalue weighted by molar-refractivity contribution is 5.88. The minimum absolute atomic E-state index is 0.00157. The first-order valence-corrected chi connectivity index (χ1v) is 9.35. The molecule has 0 unspecified atom stereocenters. The molecular weight excluding hydrogens is 334 g/mol. The molecular formula is C24H27NO2. The first-order valence-electron chi connectivity index (χ1n) is 9.35. The molecule has 0 saturated heterocycles. The lowest BCUT2D eigenvalue weighted by Gasteiger charge is -2.21. The van der Waals surface area contributed by atoms with Crippen LogP contribution in [0.4, 0.5) is 0 Å². The van der Waals surface area contributed by atoms with E-state index in [0.717, 1.165) is 22.1 Å². The monoisotopic (exact) mass is 361 g/mol. The van der Waals surface area contributed by atoms with E-state index in [4.69, 9.17) is 4.74 Å². The van der Waals surface area contributed by atoms with Crippen molar-refractivity contribution >= 4 is 16.7 Å². The van der Waals surface area contributed by atoms with Crippen LogP contribution in [0.5, 0.6) is 5.75 Å². The van der Waals surface area contributed by atoms with Gasteiger partial charge in [0.1, 0.15) is 5.75 Å². The Labute approximate surface area is 161 Å². The maximum atomic E-state index is 12.3. The van der Waals surface area contributed by atoms with Gasteiger partial charge in [0, 0.05) is 5.39 Å². The predicted molar refractivity (Wildman–Crippen MR) is 111 cm³/mol. The minimum atomic E-state index is -0.129. The molecule has 0 fully saturated rings. The van der Waals surface area contributed by atoms with Crippen LogP contribution in [0.2, 0.25) is 0 Å². The zero-order valence-corrected chi connectivity index (χ0v) is 16.5. The first kappa shape index (κ1) is 19.0. The second-order valence-corrected chi connectivity index (χ2v) is 7.93. The quantitative estimate of drug-likeness (QED) is 0.661. The lowest BCUT2D eigenvalue weighted by Crippen LogP contribution is -2.31. The van der Waals surface area contributed by atoms with E-state index in [9.17, 15) is 4.79 Å². The van der Waals surface area contributed by atoms with Crippen molar-refractivity contribution < 1.29 is 9.53 Å². The molecule has 0 radical (unpaired) electrons. The van der Waals surface area contributed by atoms with Crippen molar-refractivity contribution in [3.05, 3.63) is 77.9 Å². The SMILES string of the molecule is C[C@H](NC(=O)COc1cccc2ccccc12)c1ccc(C(C)(C)C)cc1. The van der Waals surface area contributed by atoms with Gasteiger partial charge in [-0.25, -0.2) is 0 Å². The van der Waals surface area contributed by atoms with E-state index in [2.05, 4.69) is 50.4 Å². The zero-order chi connectivity index (χ0) is 19.4. The molecule has 0 aliphatic rings. The van der Waals surface area contributed by atoms with Gasteiger partial charge in [0.2, 0.25) is 0 Å². The Morgan fingerprint density at radius 1 is 0.963 bits per heavy atom. The number of nitrogens with one attached hydrogen (secondary N) is 1. The fourth-order valence-corrected chi connectivity index (χ4v) is 3.10. The summed E-state index contributed by atoms with van der Waals surface area (Å²) in [5.74, 6) is 0.598. The molecule has 1 N–H and O–H groups in total. The van der Waals surface area contributed by atoms with E-state index in [0.29, 0.717) is 0 Å². The van der Waals surface area contributed by atoms with Crippen LogP contribution in [0.1, 0.15) is 44.9 Å². The largest absolute Gasteiger partial charge is 0.483 e. The van der Waals surface area contributed by atoms with Gasteiger partial charge in [-0.2, -0.15) is 0 Å². The molecule has 140 valence electrons. The van der Waals surface area contributed by atoms with Gasteiger partial charge < -0.3 is 10.1 Å². The summed E-state index contributed by atoms with van der Waals surface area (Å²) in [5, 5.41) is 5.12. The number of carbonyl (C=O) groups excluding carboxylic acids is 1. The molecule has 1 atom stereocenters. The number of amides is 1. The molecule has 0 spiro atoms. The Morgan fingerprint density at radius 3 is 2.33 bits per heavy atom. The fourth-order valence-electron chi connectivity index (χ4n) is 3.10. The summed E-state index contributed by atoms with van der Waals surface area (Å²) in [7, 11) is 0. The van der Waals surface area contributed by atoms with Crippen molar-refractivity contribution in [2.45, 2.75) is 39.2 Å². The Bertz CT molecular complexity index is 918. The van der Waals surface area contributed by atoms with Crippen molar-refractivity contribution in [2.75, 3.05) is 6.61 Å². The highest BCUT2D eigenvalue weighted by Crippen LogP contribution is 2.25. The standard InChI is InChI=1S/C24H27NO2/c1-17(18-12-14-20(15-13-18)24(2,3)4)25-23(26)16-27-22-11-7-9-19-8-5-6-10-21(19)22/h5-15,17H,16H2,1-4H3,(H,25,26)/t17-/m0/s1. The number of hydrogen-bond acceptors (Lipinski definition) is 2. The van der Waals surface area contributed by atoms with Crippen LogP contribution in [0.25, 0.3) is 10.8 Å². The number of rotatable bonds is 5. The van der Waals surface area contributed by atoms with Crippen molar-refractivity contribution in [1.82, 2.24) is 5.32 Å². The third-order valence-corrected chi connectivity index (χ3v) is 4.76. The average Bonchev–Trinajstić information content (AvgIpc) is 2.65. The summed E-state index contributed by atoms with van der Waals surface area (Å²) in [6.45, 7) is 8.56. The molecule has 3 heteroatoms. The molecule has 0 saturated carbocycles. The minimum Gasteiger partial charge on any atom is -0.483 e. The maximum Gasteiger partial charge on any atom is 0.258 e. The first-order chi connectivity index (χ1) is 12.8. The average molecular weight is 361 g/mol. The number of hydrogen-bond donors (Lipinski definition) is 1. The van der Waals surface area contributed by atoms with E-state index in [-0.39, 0.29) is 24.0 Å². The second-order valence-electron chi connectivity index (χ2n) is 7.93. The fraction of sp³-hybridized carbons (Fsp3) is 0.292. The summed E-state index contributed by atoms with van der Waals surface area (Å²) < 4.78 is 5.77. The molecule has 0 aliphatic carbocycles. The molecule has 0 aromatic heterocycles. The molecule has 3 nitrogen and oxygen atoms in total. The normalized spacial score (nSPS) is 12.6. The Balaban J connectivity index is 1.60. The highest BCUT2D eigenvalue weighted by Gasteiger charge is 2.15. The van der Waals surface area contributed by atoms with Gasteiger partial charge in [-0.1, -0.05) is 81.4 Å². The molecule has 0 aliphatic heterocycles. The second kappa shape index (κ2) is 7.83. The van der Waals surface area contributed by atoms with Crippen LogP contribution in [-0.2, 0) is 10.2 Å². The van der Waals surface area contributed by atoms with Crippen molar-refractivity contribution in [2.24, 2.45) is 0 Å². The summed E-state index contributed by atoms with van der Waals surface area (Å²) in [4.78, 5) is 12.3. The van der Waals surface area contributed by atoms with Gasteiger partial charge in [0.25, 0.3) is 5.91 Å². The topological polar surface area (TPSA) is 38.3 Å². The number of benzene rings is 3. The lowest BCUT2D eigenvalue weighted by atomic mass is 9.86. The molecule has 3 aromatic rings. The third-order valence-electron chi connectivity index (χ3n) is 4.76.